The molecule has 4 bridgehead atoms. The van der Waals surface area contributed by atoms with Crippen LogP contribution in [-0.2, 0) is 6.18 Å². The predicted octanol–water partition coefficient (Wildman–Crippen LogP) is 5.01. The Hall–Kier alpha value is -0.940. The van der Waals surface area contributed by atoms with E-state index in [4.69, 9.17) is 0 Å². The molecule has 0 amide bonds. The van der Waals surface area contributed by atoms with Gasteiger partial charge in [0.1, 0.15) is 0 Å². The highest BCUT2D eigenvalue weighted by molar-refractivity contribution is 5.85. The molecule has 23 heavy (non-hydrogen) atoms. The van der Waals surface area contributed by atoms with E-state index in [1.54, 1.807) is 6.07 Å². The third kappa shape index (κ3) is 3.31. The number of hydrazine groups is 1. The molecule has 4 aliphatic carbocycles. The van der Waals surface area contributed by atoms with Crippen molar-refractivity contribution in [3.63, 3.8) is 0 Å². The average molecular weight is 347 g/mol. The first-order valence-electron chi connectivity index (χ1n) is 8.12. The summed E-state index contributed by atoms with van der Waals surface area (Å²) >= 11 is 0. The van der Waals surface area contributed by atoms with Crippen molar-refractivity contribution in [3.8, 4) is 0 Å². The molecule has 1 aromatic rings. The number of anilines is 1. The molecular weight excluding hydrogens is 325 g/mol. The van der Waals surface area contributed by atoms with Crippen LogP contribution in [-0.4, -0.2) is 5.54 Å². The lowest BCUT2D eigenvalue weighted by Gasteiger charge is -2.57. The summed E-state index contributed by atoms with van der Waals surface area (Å²) in [4.78, 5) is 0. The second-order valence-corrected chi connectivity index (χ2v) is 7.53. The summed E-state index contributed by atoms with van der Waals surface area (Å²) in [5.74, 6) is 2.42. The van der Waals surface area contributed by atoms with Gasteiger partial charge in [-0.05, 0) is 74.5 Å². The third-order valence-corrected chi connectivity index (χ3v) is 5.70. The maximum Gasteiger partial charge on any atom is 0.416 e. The summed E-state index contributed by atoms with van der Waals surface area (Å²) in [5, 5.41) is 0. The summed E-state index contributed by atoms with van der Waals surface area (Å²) < 4.78 is 38.3. The Morgan fingerprint density at radius 2 is 1.52 bits per heavy atom. The van der Waals surface area contributed by atoms with Crippen LogP contribution in [0.1, 0.15) is 44.1 Å². The van der Waals surface area contributed by atoms with Crippen LogP contribution in [0.4, 0.5) is 18.9 Å². The molecule has 0 atom stereocenters. The molecule has 4 aliphatic rings. The molecule has 4 fully saturated rings. The Balaban J connectivity index is 0.00000156. The predicted molar refractivity (Wildman–Crippen MR) is 86.4 cm³/mol. The van der Waals surface area contributed by atoms with Crippen molar-refractivity contribution in [1.82, 2.24) is 5.43 Å². The van der Waals surface area contributed by atoms with Gasteiger partial charge in [-0.15, -0.1) is 12.4 Å². The number of nitrogens with one attached hydrogen (secondary N) is 2. The van der Waals surface area contributed by atoms with E-state index in [0.29, 0.717) is 5.69 Å². The van der Waals surface area contributed by atoms with Gasteiger partial charge >= 0.3 is 6.18 Å². The highest BCUT2D eigenvalue weighted by Gasteiger charge is 2.50. The van der Waals surface area contributed by atoms with Crippen LogP contribution in [0.15, 0.2) is 24.3 Å². The Morgan fingerprint density at radius 3 is 2.04 bits per heavy atom. The third-order valence-electron chi connectivity index (χ3n) is 5.70. The van der Waals surface area contributed by atoms with Crippen LogP contribution in [0.3, 0.4) is 0 Å². The highest BCUT2D eigenvalue weighted by Crippen LogP contribution is 2.55. The molecule has 0 aliphatic heterocycles. The van der Waals surface area contributed by atoms with E-state index < -0.39 is 11.7 Å². The van der Waals surface area contributed by atoms with Crippen LogP contribution in [0.2, 0.25) is 0 Å². The van der Waals surface area contributed by atoms with Crippen molar-refractivity contribution in [2.24, 2.45) is 17.8 Å². The first kappa shape index (κ1) is 16.9. The molecule has 0 aromatic heterocycles. The van der Waals surface area contributed by atoms with E-state index >= 15 is 0 Å². The number of halogens is 4. The van der Waals surface area contributed by atoms with Crippen LogP contribution < -0.4 is 10.9 Å². The number of alkyl halides is 3. The van der Waals surface area contributed by atoms with E-state index in [1.807, 2.05) is 0 Å². The molecule has 2 nitrogen and oxygen atoms in total. The zero-order valence-corrected chi connectivity index (χ0v) is 13.6. The van der Waals surface area contributed by atoms with Gasteiger partial charge in [-0.3, -0.25) is 0 Å². The lowest BCUT2D eigenvalue weighted by Crippen LogP contribution is -2.59. The average Bonchev–Trinajstić information content (AvgIpc) is 2.43. The quantitative estimate of drug-likeness (QED) is 0.751. The fraction of sp³-hybridized carbons (Fsp3) is 0.647. The monoisotopic (exact) mass is 346 g/mol. The van der Waals surface area contributed by atoms with Gasteiger partial charge < -0.3 is 5.43 Å². The van der Waals surface area contributed by atoms with Crippen molar-refractivity contribution >= 4 is 18.1 Å². The second kappa shape index (κ2) is 5.85. The summed E-state index contributed by atoms with van der Waals surface area (Å²) in [6.07, 6.45) is 3.23. The Morgan fingerprint density at radius 1 is 0.957 bits per heavy atom. The zero-order chi connectivity index (χ0) is 15.4. The fourth-order valence-electron chi connectivity index (χ4n) is 5.24. The van der Waals surface area contributed by atoms with E-state index in [-0.39, 0.29) is 17.9 Å². The lowest BCUT2D eigenvalue weighted by molar-refractivity contribution is -0.137. The van der Waals surface area contributed by atoms with Gasteiger partial charge in [0, 0.05) is 11.2 Å². The topological polar surface area (TPSA) is 24.1 Å². The van der Waals surface area contributed by atoms with Gasteiger partial charge in [0.15, 0.2) is 0 Å². The van der Waals surface area contributed by atoms with E-state index in [0.717, 1.165) is 43.1 Å². The molecule has 0 heterocycles. The summed E-state index contributed by atoms with van der Waals surface area (Å²) in [6, 6.07) is 5.42. The Bertz CT molecular complexity index is 538. The molecule has 128 valence electrons. The highest BCUT2D eigenvalue weighted by atomic mass is 35.5. The number of rotatable bonds is 3. The van der Waals surface area contributed by atoms with Gasteiger partial charge in [0.05, 0.1) is 5.56 Å². The Kier molecular flexibility index (Phi) is 4.30. The normalized spacial score (nSPS) is 35.0. The molecule has 5 rings (SSSR count). The second-order valence-electron chi connectivity index (χ2n) is 7.53. The molecule has 0 spiro atoms. The Labute approximate surface area is 140 Å². The van der Waals surface area contributed by atoms with Crippen molar-refractivity contribution in [1.29, 1.82) is 0 Å². The van der Waals surface area contributed by atoms with Crippen molar-refractivity contribution in [2.45, 2.75) is 50.2 Å². The molecule has 4 saturated carbocycles. The summed E-state index contributed by atoms with van der Waals surface area (Å²) in [6.45, 7) is 0. The fourth-order valence-corrected chi connectivity index (χ4v) is 5.24. The maximum atomic E-state index is 12.8. The minimum absolute atomic E-state index is 0. The first-order valence-corrected chi connectivity index (χ1v) is 8.12. The summed E-state index contributed by atoms with van der Waals surface area (Å²) in [7, 11) is 0. The van der Waals surface area contributed by atoms with Crippen molar-refractivity contribution in [3.05, 3.63) is 29.8 Å². The van der Waals surface area contributed by atoms with Crippen molar-refractivity contribution < 1.29 is 13.2 Å². The molecule has 0 saturated heterocycles. The smallest absolute Gasteiger partial charge is 0.321 e. The van der Waals surface area contributed by atoms with Gasteiger partial charge in [-0.1, -0.05) is 6.07 Å². The SMILES string of the molecule is Cl.FC(F)(F)c1cccc(NNC23CC4CC(CC(C4)C2)C3)c1. The molecule has 1 aromatic carbocycles. The van der Waals surface area contributed by atoms with Crippen molar-refractivity contribution in [2.75, 3.05) is 5.43 Å². The van der Waals surface area contributed by atoms with Crippen LogP contribution >= 0.6 is 12.4 Å². The minimum Gasteiger partial charge on any atom is -0.321 e. The lowest BCUT2D eigenvalue weighted by atomic mass is 9.53. The summed E-state index contributed by atoms with van der Waals surface area (Å²) in [5.41, 5.74) is 6.44. The number of hydrogen-bond donors (Lipinski definition) is 2. The largest absolute Gasteiger partial charge is 0.416 e. The maximum absolute atomic E-state index is 12.8. The minimum atomic E-state index is -4.29. The van der Waals surface area contributed by atoms with E-state index in [9.17, 15) is 13.2 Å². The van der Waals surface area contributed by atoms with E-state index in [2.05, 4.69) is 10.9 Å². The van der Waals surface area contributed by atoms with Gasteiger partial charge in [0.2, 0.25) is 0 Å². The standard InChI is InChI=1S/C17H21F3N2.ClH/c18-17(19,20)14-2-1-3-15(7-14)21-22-16-8-11-4-12(9-16)6-13(5-11)10-16;/h1-3,7,11-13,21-22H,4-6,8-10H2;1H. The van der Waals surface area contributed by atoms with Crippen LogP contribution in [0.5, 0.6) is 0 Å². The molecule has 2 N–H and O–H groups in total. The number of hydrogen-bond acceptors (Lipinski definition) is 2. The molecule has 6 heteroatoms. The van der Waals surface area contributed by atoms with Gasteiger partial charge in [-0.2, -0.15) is 13.2 Å². The molecule has 0 radical (unpaired) electrons. The molecule has 0 unspecified atom stereocenters. The first-order chi connectivity index (χ1) is 10.4. The van der Waals surface area contributed by atoms with Crippen LogP contribution in [0, 0.1) is 17.8 Å². The van der Waals surface area contributed by atoms with Gasteiger partial charge in [-0.25, -0.2) is 5.43 Å². The van der Waals surface area contributed by atoms with Crippen LogP contribution in [0.25, 0.3) is 0 Å². The molecular formula is C17H22ClF3N2. The number of benzene rings is 1. The zero-order valence-electron chi connectivity index (χ0n) is 12.8. The van der Waals surface area contributed by atoms with E-state index in [1.165, 1.54) is 31.4 Å². The van der Waals surface area contributed by atoms with Gasteiger partial charge in [0.25, 0.3) is 0 Å².